The summed E-state index contributed by atoms with van der Waals surface area (Å²) in [5.41, 5.74) is 10.3. The summed E-state index contributed by atoms with van der Waals surface area (Å²) < 4.78 is 0. The molecule has 1 aromatic rings. The summed E-state index contributed by atoms with van der Waals surface area (Å²) >= 11 is 0. The van der Waals surface area contributed by atoms with Gasteiger partial charge in [0, 0.05) is 25.3 Å². The number of aryl methyl sites for hydroxylation is 1. The fraction of sp³-hybridized carbons (Fsp3) is 0.600. The van der Waals surface area contributed by atoms with Gasteiger partial charge >= 0.3 is 0 Å². The number of likely N-dealkylation sites (N-methyl/N-ethyl adjacent to an activating group) is 1. The number of hydrogen-bond acceptors (Lipinski definition) is 2. The van der Waals surface area contributed by atoms with E-state index in [9.17, 15) is 0 Å². The van der Waals surface area contributed by atoms with Crippen LogP contribution in [0.5, 0.6) is 0 Å². The van der Waals surface area contributed by atoms with E-state index in [4.69, 9.17) is 5.73 Å². The van der Waals surface area contributed by atoms with Gasteiger partial charge in [0.2, 0.25) is 0 Å². The van der Waals surface area contributed by atoms with Gasteiger partial charge in [-0.05, 0) is 35.4 Å². The van der Waals surface area contributed by atoms with Crippen molar-refractivity contribution in [1.82, 2.24) is 0 Å². The van der Waals surface area contributed by atoms with Crippen molar-refractivity contribution in [1.29, 1.82) is 0 Å². The Morgan fingerprint density at radius 1 is 1.35 bits per heavy atom. The number of benzene rings is 1. The van der Waals surface area contributed by atoms with Crippen LogP contribution in [0, 0.1) is 0 Å². The van der Waals surface area contributed by atoms with Gasteiger partial charge in [-0.15, -0.1) is 0 Å². The molecular weight excluding hydrogens is 208 g/mol. The zero-order valence-electron chi connectivity index (χ0n) is 11.5. The summed E-state index contributed by atoms with van der Waals surface area (Å²) in [6, 6.07) is 7.40. The zero-order valence-corrected chi connectivity index (χ0v) is 11.5. The highest BCUT2D eigenvalue weighted by atomic mass is 15.1. The van der Waals surface area contributed by atoms with E-state index in [1.165, 1.54) is 23.2 Å². The first-order valence-electron chi connectivity index (χ1n) is 6.50. The van der Waals surface area contributed by atoms with Crippen molar-refractivity contribution in [2.24, 2.45) is 5.73 Å². The second kappa shape index (κ2) is 4.34. The number of fused-ring (bicyclic) bond motifs is 1. The summed E-state index contributed by atoms with van der Waals surface area (Å²) in [5.74, 6) is 0. The predicted octanol–water partition coefficient (Wildman–Crippen LogP) is 2.69. The Morgan fingerprint density at radius 3 is 2.65 bits per heavy atom. The van der Waals surface area contributed by atoms with E-state index in [0.29, 0.717) is 6.04 Å². The molecule has 2 heteroatoms. The van der Waals surface area contributed by atoms with Crippen LogP contribution in [0.2, 0.25) is 0 Å². The summed E-state index contributed by atoms with van der Waals surface area (Å²) in [7, 11) is 2.16. The van der Waals surface area contributed by atoms with E-state index >= 15 is 0 Å². The molecule has 2 N–H and O–H groups in total. The Labute approximate surface area is 105 Å². The molecule has 0 spiro atoms. The summed E-state index contributed by atoms with van der Waals surface area (Å²) in [5, 5.41) is 0. The van der Waals surface area contributed by atoms with Crippen molar-refractivity contribution in [2.75, 3.05) is 18.5 Å². The van der Waals surface area contributed by atoms with Gasteiger partial charge in [0.25, 0.3) is 0 Å². The van der Waals surface area contributed by atoms with E-state index in [2.05, 4.69) is 50.9 Å². The molecule has 0 radical (unpaired) electrons. The van der Waals surface area contributed by atoms with Gasteiger partial charge < -0.3 is 10.6 Å². The third kappa shape index (κ3) is 2.32. The molecule has 0 saturated heterocycles. The third-order valence-electron chi connectivity index (χ3n) is 3.89. The summed E-state index contributed by atoms with van der Waals surface area (Å²) in [4.78, 5) is 2.34. The monoisotopic (exact) mass is 232 g/mol. The van der Waals surface area contributed by atoms with Gasteiger partial charge in [-0.3, -0.25) is 0 Å². The first kappa shape index (κ1) is 12.4. The molecular formula is C15H24N2. The number of anilines is 1. The standard InChI is InChI=1S/C15H24N2/c1-15(2,3)12-6-8-14-11(9-12)5-7-13(10-16)17(14)4/h6,8-9,13H,5,7,10,16H2,1-4H3. The van der Waals surface area contributed by atoms with Gasteiger partial charge in [-0.2, -0.15) is 0 Å². The summed E-state index contributed by atoms with van der Waals surface area (Å²) in [6.07, 6.45) is 2.33. The SMILES string of the molecule is CN1c2ccc(C(C)(C)C)cc2CCC1CN. The molecule has 17 heavy (non-hydrogen) atoms. The predicted molar refractivity (Wildman–Crippen MR) is 74.7 cm³/mol. The van der Waals surface area contributed by atoms with Crippen LogP contribution in [0.3, 0.4) is 0 Å². The lowest BCUT2D eigenvalue weighted by Crippen LogP contribution is -2.41. The Bertz CT molecular complexity index is 404. The largest absolute Gasteiger partial charge is 0.370 e. The highest BCUT2D eigenvalue weighted by Crippen LogP contribution is 2.33. The first-order chi connectivity index (χ1) is 7.93. The third-order valence-corrected chi connectivity index (χ3v) is 3.89. The molecule has 0 saturated carbocycles. The van der Waals surface area contributed by atoms with Gasteiger partial charge in [0.15, 0.2) is 0 Å². The Kier molecular flexibility index (Phi) is 3.17. The van der Waals surface area contributed by atoms with Crippen LogP contribution >= 0.6 is 0 Å². The topological polar surface area (TPSA) is 29.3 Å². The van der Waals surface area contributed by atoms with Crippen LogP contribution in [0.25, 0.3) is 0 Å². The fourth-order valence-electron chi connectivity index (χ4n) is 2.58. The minimum atomic E-state index is 0.234. The van der Waals surface area contributed by atoms with Gasteiger partial charge in [0.05, 0.1) is 0 Å². The van der Waals surface area contributed by atoms with Crippen molar-refractivity contribution < 1.29 is 0 Å². The zero-order chi connectivity index (χ0) is 12.6. The van der Waals surface area contributed by atoms with Crippen LogP contribution < -0.4 is 10.6 Å². The molecule has 1 aliphatic rings. The Hall–Kier alpha value is -1.02. The highest BCUT2D eigenvalue weighted by Gasteiger charge is 2.23. The lowest BCUT2D eigenvalue weighted by atomic mass is 9.84. The number of nitrogens with two attached hydrogens (primary N) is 1. The van der Waals surface area contributed by atoms with E-state index in [1.54, 1.807) is 0 Å². The van der Waals surface area contributed by atoms with Gasteiger partial charge in [0.1, 0.15) is 0 Å². The molecule has 0 bridgehead atoms. The lowest BCUT2D eigenvalue weighted by Gasteiger charge is -2.36. The maximum Gasteiger partial charge on any atom is 0.0412 e. The Balaban J connectivity index is 2.36. The van der Waals surface area contributed by atoms with Crippen molar-refractivity contribution in [3.63, 3.8) is 0 Å². The van der Waals surface area contributed by atoms with E-state index in [1.807, 2.05) is 0 Å². The molecule has 0 fully saturated rings. The maximum atomic E-state index is 5.81. The molecule has 0 aliphatic carbocycles. The minimum absolute atomic E-state index is 0.234. The molecule has 1 aliphatic heterocycles. The smallest absolute Gasteiger partial charge is 0.0412 e. The number of nitrogens with zero attached hydrogens (tertiary/aromatic N) is 1. The van der Waals surface area contributed by atoms with Crippen LogP contribution in [-0.2, 0) is 11.8 Å². The Morgan fingerprint density at radius 2 is 2.06 bits per heavy atom. The maximum absolute atomic E-state index is 5.81. The molecule has 1 unspecified atom stereocenters. The van der Waals surface area contributed by atoms with Gasteiger partial charge in [-0.1, -0.05) is 32.9 Å². The minimum Gasteiger partial charge on any atom is -0.370 e. The molecule has 1 aromatic carbocycles. The van der Waals surface area contributed by atoms with Crippen LogP contribution in [0.1, 0.15) is 38.3 Å². The molecule has 0 aromatic heterocycles. The average Bonchev–Trinajstić information content (AvgIpc) is 2.28. The average molecular weight is 232 g/mol. The molecule has 1 heterocycles. The molecule has 0 amide bonds. The van der Waals surface area contributed by atoms with E-state index in [0.717, 1.165) is 13.0 Å². The van der Waals surface area contributed by atoms with Crippen LogP contribution in [0.4, 0.5) is 5.69 Å². The van der Waals surface area contributed by atoms with Crippen molar-refractivity contribution in [2.45, 2.75) is 45.1 Å². The lowest BCUT2D eigenvalue weighted by molar-refractivity contribution is 0.558. The molecule has 1 atom stereocenters. The summed E-state index contributed by atoms with van der Waals surface area (Å²) in [6.45, 7) is 7.55. The van der Waals surface area contributed by atoms with E-state index in [-0.39, 0.29) is 5.41 Å². The molecule has 2 nitrogen and oxygen atoms in total. The molecule has 2 rings (SSSR count). The van der Waals surface area contributed by atoms with Crippen molar-refractivity contribution in [3.05, 3.63) is 29.3 Å². The molecule has 94 valence electrons. The van der Waals surface area contributed by atoms with Crippen LogP contribution in [0.15, 0.2) is 18.2 Å². The van der Waals surface area contributed by atoms with Crippen molar-refractivity contribution >= 4 is 5.69 Å². The van der Waals surface area contributed by atoms with Gasteiger partial charge in [-0.25, -0.2) is 0 Å². The highest BCUT2D eigenvalue weighted by molar-refractivity contribution is 5.58. The number of rotatable bonds is 1. The number of hydrogen-bond donors (Lipinski definition) is 1. The second-order valence-electron chi connectivity index (χ2n) is 6.13. The van der Waals surface area contributed by atoms with Crippen molar-refractivity contribution in [3.8, 4) is 0 Å². The second-order valence-corrected chi connectivity index (χ2v) is 6.13. The van der Waals surface area contributed by atoms with E-state index < -0.39 is 0 Å². The quantitative estimate of drug-likeness (QED) is 0.806. The van der Waals surface area contributed by atoms with Crippen LogP contribution in [-0.4, -0.2) is 19.6 Å². The fourth-order valence-corrected chi connectivity index (χ4v) is 2.58. The first-order valence-corrected chi connectivity index (χ1v) is 6.50. The normalized spacial score (nSPS) is 20.3.